The van der Waals surface area contributed by atoms with Crippen molar-refractivity contribution in [3.8, 4) is 11.6 Å². The highest BCUT2D eigenvalue weighted by atomic mass is 79.9. The molecule has 1 aromatic heterocycles. The molecule has 1 amide bonds. The molecule has 1 N–H and O–H groups in total. The molecular weight excluding hydrogens is 404 g/mol. The summed E-state index contributed by atoms with van der Waals surface area (Å²) in [5.41, 5.74) is 1.34. The summed E-state index contributed by atoms with van der Waals surface area (Å²) in [6, 6.07) is 18.1. The Labute approximate surface area is 158 Å². The molecule has 3 aromatic rings. The van der Waals surface area contributed by atoms with Crippen LogP contribution in [0.2, 0.25) is 5.02 Å². The van der Waals surface area contributed by atoms with Crippen LogP contribution in [-0.4, -0.2) is 10.9 Å². The number of amides is 1. The van der Waals surface area contributed by atoms with E-state index in [2.05, 4.69) is 26.2 Å². The second kappa shape index (κ2) is 8.14. The van der Waals surface area contributed by atoms with Crippen molar-refractivity contribution in [2.75, 3.05) is 0 Å². The fourth-order valence-corrected chi connectivity index (χ4v) is 2.76. The number of nitrogens with one attached hydrogen (secondary N) is 1. The molecule has 126 valence electrons. The van der Waals surface area contributed by atoms with E-state index in [-0.39, 0.29) is 5.91 Å². The van der Waals surface area contributed by atoms with Crippen molar-refractivity contribution in [2.24, 2.45) is 0 Å². The average Bonchev–Trinajstić information content (AvgIpc) is 2.63. The number of hydrogen-bond donors (Lipinski definition) is 1. The number of aromatic nitrogens is 1. The van der Waals surface area contributed by atoms with Crippen molar-refractivity contribution in [1.29, 1.82) is 0 Å². The maximum atomic E-state index is 12.3. The first-order valence-corrected chi connectivity index (χ1v) is 8.70. The molecule has 0 spiro atoms. The lowest BCUT2D eigenvalue weighted by Gasteiger charge is -2.09. The maximum absolute atomic E-state index is 12.3. The van der Waals surface area contributed by atoms with Crippen molar-refractivity contribution in [3.63, 3.8) is 0 Å². The standard InChI is InChI=1S/C19H14BrClN2O2/c20-14-7-8-17(21)16(11-14)19(24)23-12-13-4-3-5-15(10-13)25-18-6-1-2-9-22-18/h1-11H,12H2,(H,23,24). The second-order valence-electron chi connectivity index (χ2n) is 5.22. The van der Waals surface area contributed by atoms with Crippen LogP contribution in [-0.2, 0) is 6.54 Å². The minimum Gasteiger partial charge on any atom is -0.439 e. The molecule has 4 nitrogen and oxygen atoms in total. The monoisotopic (exact) mass is 416 g/mol. The Hall–Kier alpha value is -2.37. The van der Waals surface area contributed by atoms with E-state index in [1.165, 1.54) is 0 Å². The zero-order valence-corrected chi connectivity index (χ0v) is 15.4. The summed E-state index contributed by atoms with van der Waals surface area (Å²) in [7, 11) is 0. The zero-order valence-electron chi connectivity index (χ0n) is 13.1. The Bertz CT molecular complexity index is 888. The lowest BCUT2D eigenvalue weighted by Crippen LogP contribution is -2.23. The minimum atomic E-state index is -0.234. The summed E-state index contributed by atoms with van der Waals surface area (Å²) in [5.74, 6) is 0.942. The summed E-state index contributed by atoms with van der Waals surface area (Å²) in [6.07, 6.45) is 1.67. The summed E-state index contributed by atoms with van der Waals surface area (Å²) in [5, 5.41) is 3.27. The van der Waals surface area contributed by atoms with Gasteiger partial charge in [0.25, 0.3) is 5.91 Å². The molecule has 0 aliphatic carbocycles. The van der Waals surface area contributed by atoms with Gasteiger partial charge in [0.15, 0.2) is 0 Å². The van der Waals surface area contributed by atoms with Crippen LogP contribution < -0.4 is 10.1 Å². The molecule has 0 saturated heterocycles. The van der Waals surface area contributed by atoms with Crippen LogP contribution in [0.5, 0.6) is 11.6 Å². The predicted molar refractivity (Wildman–Crippen MR) is 101 cm³/mol. The lowest BCUT2D eigenvalue weighted by atomic mass is 10.2. The SMILES string of the molecule is O=C(NCc1cccc(Oc2ccccn2)c1)c1cc(Br)ccc1Cl. The Kier molecular flexibility index (Phi) is 5.68. The van der Waals surface area contributed by atoms with Gasteiger partial charge in [-0.05, 0) is 42.0 Å². The number of pyridine rings is 1. The first-order valence-electron chi connectivity index (χ1n) is 7.53. The van der Waals surface area contributed by atoms with Crippen molar-refractivity contribution >= 4 is 33.4 Å². The second-order valence-corrected chi connectivity index (χ2v) is 6.55. The van der Waals surface area contributed by atoms with E-state index in [0.717, 1.165) is 10.0 Å². The van der Waals surface area contributed by atoms with Crippen molar-refractivity contribution < 1.29 is 9.53 Å². The molecule has 0 unspecified atom stereocenters. The van der Waals surface area contributed by atoms with Gasteiger partial charge in [-0.25, -0.2) is 4.98 Å². The van der Waals surface area contributed by atoms with Gasteiger partial charge in [0, 0.05) is 23.3 Å². The molecule has 3 rings (SSSR count). The van der Waals surface area contributed by atoms with E-state index in [1.54, 1.807) is 30.5 Å². The fourth-order valence-electron chi connectivity index (χ4n) is 2.20. The van der Waals surface area contributed by atoms with Crippen molar-refractivity contribution in [2.45, 2.75) is 6.54 Å². The molecule has 0 radical (unpaired) electrons. The van der Waals surface area contributed by atoms with Crippen LogP contribution in [0.3, 0.4) is 0 Å². The van der Waals surface area contributed by atoms with Crippen LogP contribution in [0.4, 0.5) is 0 Å². The molecule has 0 atom stereocenters. The number of halogens is 2. The zero-order chi connectivity index (χ0) is 17.6. The smallest absolute Gasteiger partial charge is 0.253 e. The molecule has 0 aliphatic rings. The fraction of sp³-hybridized carbons (Fsp3) is 0.0526. The van der Waals surface area contributed by atoms with E-state index in [0.29, 0.717) is 28.8 Å². The van der Waals surface area contributed by atoms with Gasteiger partial charge >= 0.3 is 0 Å². The Morgan fingerprint density at radius 3 is 2.80 bits per heavy atom. The van der Waals surface area contributed by atoms with Gasteiger partial charge in [-0.2, -0.15) is 0 Å². The number of rotatable bonds is 5. The average molecular weight is 418 g/mol. The number of nitrogens with zero attached hydrogens (tertiary/aromatic N) is 1. The molecule has 0 aliphatic heterocycles. The van der Waals surface area contributed by atoms with Crippen molar-refractivity contribution in [3.05, 3.63) is 87.5 Å². The summed E-state index contributed by atoms with van der Waals surface area (Å²) in [6.45, 7) is 0.362. The number of carbonyl (C=O) groups excluding carboxylic acids is 1. The first-order chi connectivity index (χ1) is 12.1. The van der Waals surface area contributed by atoms with E-state index >= 15 is 0 Å². The van der Waals surface area contributed by atoms with Crippen LogP contribution in [0.15, 0.2) is 71.3 Å². The van der Waals surface area contributed by atoms with Gasteiger partial charge in [0.1, 0.15) is 5.75 Å². The third-order valence-corrected chi connectivity index (χ3v) is 4.21. The van der Waals surface area contributed by atoms with Crippen LogP contribution in [0.1, 0.15) is 15.9 Å². The highest BCUT2D eigenvalue weighted by molar-refractivity contribution is 9.10. The Morgan fingerprint density at radius 1 is 1.12 bits per heavy atom. The largest absolute Gasteiger partial charge is 0.439 e. The number of ether oxygens (including phenoxy) is 1. The predicted octanol–water partition coefficient (Wildman–Crippen LogP) is 5.22. The molecule has 0 saturated carbocycles. The summed E-state index contributed by atoms with van der Waals surface area (Å²) < 4.78 is 6.49. The van der Waals surface area contributed by atoms with Gasteiger partial charge in [-0.15, -0.1) is 0 Å². The number of hydrogen-bond acceptors (Lipinski definition) is 3. The highest BCUT2D eigenvalue weighted by Crippen LogP contribution is 2.22. The molecule has 0 bridgehead atoms. The third-order valence-electron chi connectivity index (χ3n) is 3.38. The van der Waals surface area contributed by atoms with E-state index in [4.69, 9.17) is 16.3 Å². The topological polar surface area (TPSA) is 51.2 Å². The maximum Gasteiger partial charge on any atom is 0.253 e. The molecule has 2 aromatic carbocycles. The molecule has 6 heteroatoms. The Balaban J connectivity index is 1.66. The molecule has 25 heavy (non-hydrogen) atoms. The van der Waals surface area contributed by atoms with Crippen molar-refractivity contribution in [1.82, 2.24) is 10.3 Å². The van der Waals surface area contributed by atoms with Gasteiger partial charge in [0.05, 0.1) is 10.6 Å². The van der Waals surface area contributed by atoms with Crippen LogP contribution >= 0.6 is 27.5 Å². The molecule has 1 heterocycles. The molecule has 0 fully saturated rings. The normalized spacial score (nSPS) is 10.3. The lowest BCUT2D eigenvalue weighted by molar-refractivity contribution is 0.0951. The summed E-state index contributed by atoms with van der Waals surface area (Å²) in [4.78, 5) is 16.4. The van der Waals surface area contributed by atoms with Crippen LogP contribution in [0, 0.1) is 0 Å². The third kappa shape index (κ3) is 4.81. The quantitative estimate of drug-likeness (QED) is 0.619. The highest BCUT2D eigenvalue weighted by Gasteiger charge is 2.10. The van der Waals surface area contributed by atoms with Gasteiger partial charge in [0.2, 0.25) is 5.88 Å². The van der Waals surface area contributed by atoms with E-state index in [9.17, 15) is 4.79 Å². The molecular formula is C19H14BrClN2O2. The number of carbonyl (C=O) groups is 1. The van der Waals surface area contributed by atoms with E-state index < -0.39 is 0 Å². The van der Waals surface area contributed by atoms with Gasteiger partial charge in [-0.3, -0.25) is 4.79 Å². The number of benzene rings is 2. The van der Waals surface area contributed by atoms with E-state index in [1.807, 2.05) is 36.4 Å². The minimum absolute atomic E-state index is 0.234. The van der Waals surface area contributed by atoms with Crippen LogP contribution in [0.25, 0.3) is 0 Å². The Morgan fingerprint density at radius 2 is 2.00 bits per heavy atom. The summed E-state index contributed by atoms with van der Waals surface area (Å²) >= 11 is 9.42. The first kappa shape index (κ1) is 17.5. The van der Waals surface area contributed by atoms with Gasteiger partial charge < -0.3 is 10.1 Å². The van der Waals surface area contributed by atoms with Gasteiger partial charge in [-0.1, -0.05) is 45.7 Å².